The molecule has 0 saturated heterocycles. The van der Waals surface area contributed by atoms with Gasteiger partial charge in [0, 0.05) is 6.20 Å². The topological polar surface area (TPSA) is 86.9 Å². The molecule has 0 fully saturated rings. The highest BCUT2D eigenvalue weighted by Gasteiger charge is 2.04. The van der Waals surface area contributed by atoms with Crippen LogP contribution in [-0.2, 0) is 0 Å². The molecular formula is C17H16N4O2. The van der Waals surface area contributed by atoms with Crippen molar-refractivity contribution in [1.82, 2.24) is 10.4 Å². The van der Waals surface area contributed by atoms with Gasteiger partial charge in [-0.25, -0.2) is 5.43 Å². The molecule has 0 saturated carbocycles. The van der Waals surface area contributed by atoms with Gasteiger partial charge in [0.1, 0.15) is 0 Å². The van der Waals surface area contributed by atoms with E-state index in [9.17, 15) is 4.79 Å². The van der Waals surface area contributed by atoms with Gasteiger partial charge in [-0.1, -0.05) is 41.6 Å². The first kappa shape index (κ1) is 16.1. The second kappa shape index (κ2) is 8.23. The van der Waals surface area contributed by atoms with Crippen LogP contribution in [0, 0.1) is 0 Å². The number of nitrogens with zero attached hydrogens (tertiary/aromatic N) is 3. The van der Waals surface area contributed by atoms with Gasteiger partial charge in [0.25, 0.3) is 5.91 Å². The zero-order chi connectivity index (χ0) is 16.5. The van der Waals surface area contributed by atoms with Crippen molar-refractivity contribution in [1.29, 1.82) is 0 Å². The summed E-state index contributed by atoms with van der Waals surface area (Å²) < 4.78 is 0. The van der Waals surface area contributed by atoms with Crippen molar-refractivity contribution in [2.24, 2.45) is 10.3 Å². The van der Waals surface area contributed by atoms with E-state index in [1.54, 1.807) is 19.1 Å². The third-order valence-corrected chi connectivity index (χ3v) is 2.89. The largest absolute Gasteiger partial charge is 0.411 e. The van der Waals surface area contributed by atoms with E-state index in [0.717, 1.165) is 5.56 Å². The van der Waals surface area contributed by atoms with E-state index < -0.39 is 0 Å². The molecule has 0 aliphatic carbocycles. The second-order valence-electron chi connectivity index (χ2n) is 4.65. The van der Waals surface area contributed by atoms with Crippen LogP contribution in [0.3, 0.4) is 0 Å². The molecule has 116 valence electrons. The number of carbonyl (C=O) groups is 1. The number of carbonyl (C=O) groups excluding carboxylic acids is 1. The average molecular weight is 308 g/mol. The molecule has 0 atom stereocenters. The lowest BCUT2D eigenvalue weighted by atomic mass is 10.2. The van der Waals surface area contributed by atoms with Crippen molar-refractivity contribution in [2.45, 2.75) is 6.92 Å². The fourth-order valence-electron chi connectivity index (χ4n) is 1.70. The third-order valence-electron chi connectivity index (χ3n) is 2.89. The van der Waals surface area contributed by atoms with Crippen LogP contribution in [0.5, 0.6) is 0 Å². The van der Waals surface area contributed by atoms with E-state index in [4.69, 9.17) is 5.21 Å². The molecule has 0 aliphatic rings. The van der Waals surface area contributed by atoms with Gasteiger partial charge in [0.2, 0.25) is 0 Å². The maximum absolute atomic E-state index is 11.9. The Morgan fingerprint density at radius 2 is 2.00 bits per heavy atom. The fourth-order valence-corrected chi connectivity index (χ4v) is 1.70. The maximum Gasteiger partial charge on any atom is 0.272 e. The molecule has 1 aromatic heterocycles. The van der Waals surface area contributed by atoms with Gasteiger partial charge in [-0.05, 0) is 30.7 Å². The number of nitrogens with one attached hydrogen (secondary N) is 1. The number of hydrogen-bond acceptors (Lipinski definition) is 5. The van der Waals surface area contributed by atoms with Gasteiger partial charge in [-0.15, -0.1) is 0 Å². The summed E-state index contributed by atoms with van der Waals surface area (Å²) in [4.78, 5) is 15.9. The normalized spacial score (nSPS) is 12.0. The zero-order valence-electron chi connectivity index (χ0n) is 12.5. The Morgan fingerprint density at radius 1 is 1.22 bits per heavy atom. The van der Waals surface area contributed by atoms with Crippen LogP contribution in [-0.4, -0.2) is 28.0 Å². The van der Waals surface area contributed by atoms with Crippen molar-refractivity contribution in [3.8, 4) is 0 Å². The summed E-state index contributed by atoms with van der Waals surface area (Å²) in [6.45, 7) is 1.79. The molecule has 0 unspecified atom stereocenters. The Hall–Kier alpha value is -3.28. The monoisotopic (exact) mass is 308 g/mol. The predicted molar refractivity (Wildman–Crippen MR) is 89.7 cm³/mol. The summed E-state index contributed by atoms with van der Waals surface area (Å²) in [5.74, 6) is -0.363. The highest BCUT2D eigenvalue weighted by atomic mass is 16.4. The lowest BCUT2D eigenvalue weighted by Gasteiger charge is -2.00. The highest BCUT2D eigenvalue weighted by Crippen LogP contribution is 2.01. The molecule has 6 heteroatoms. The van der Waals surface area contributed by atoms with Crippen molar-refractivity contribution in [2.75, 3.05) is 0 Å². The molecule has 1 amide bonds. The van der Waals surface area contributed by atoms with E-state index in [-0.39, 0.29) is 5.91 Å². The van der Waals surface area contributed by atoms with Crippen LogP contribution in [0.15, 0.2) is 65.0 Å². The second-order valence-corrected chi connectivity index (χ2v) is 4.65. The molecule has 2 N–H and O–H groups in total. The molecule has 0 spiro atoms. The molecule has 23 heavy (non-hydrogen) atoms. The molecule has 1 heterocycles. The van der Waals surface area contributed by atoms with Gasteiger partial charge in [0.15, 0.2) is 0 Å². The minimum absolute atomic E-state index is 0.363. The molecule has 6 nitrogen and oxygen atoms in total. The SMILES string of the molecule is CC(/C=C/c1ccccc1)=N/NC(=O)c1ccc(/C=N\O)nc1. The molecule has 1 aromatic carbocycles. The first-order chi connectivity index (χ1) is 11.2. The Balaban J connectivity index is 1.95. The van der Waals surface area contributed by atoms with Gasteiger partial charge < -0.3 is 5.21 Å². The lowest BCUT2D eigenvalue weighted by molar-refractivity contribution is 0.0954. The number of amides is 1. The molecule has 2 aromatic rings. The number of pyridine rings is 1. The van der Waals surface area contributed by atoms with Gasteiger partial charge >= 0.3 is 0 Å². The zero-order valence-corrected chi connectivity index (χ0v) is 12.5. The highest BCUT2D eigenvalue weighted by molar-refractivity contribution is 5.99. The van der Waals surface area contributed by atoms with Crippen molar-refractivity contribution in [3.05, 3.63) is 71.6 Å². The summed E-state index contributed by atoms with van der Waals surface area (Å²) >= 11 is 0. The van der Waals surface area contributed by atoms with E-state index in [0.29, 0.717) is 17.0 Å². The van der Waals surface area contributed by atoms with Crippen molar-refractivity contribution in [3.63, 3.8) is 0 Å². The number of benzene rings is 1. The summed E-state index contributed by atoms with van der Waals surface area (Å²) in [5, 5.41) is 15.3. The fraction of sp³-hybridized carbons (Fsp3) is 0.0588. The standard InChI is InChI=1S/C17H16N4O2/c1-13(7-8-14-5-3-2-4-6-14)20-21-17(22)15-9-10-16(12-19-23)18-11-15/h2-12,23H,1H3,(H,21,22)/b8-7+,19-12-,20-13-. The van der Waals surface area contributed by atoms with Crippen molar-refractivity contribution >= 4 is 23.9 Å². The number of hydrazone groups is 1. The smallest absolute Gasteiger partial charge is 0.272 e. The van der Waals surface area contributed by atoms with Crippen LogP contribution in [0.1, 0.15) is 28.5 Å². The number of allylic oxidation sites excluding steroid dienone is 1. The Labute approximate surface area is 133 Å². The molecule has 0 radical (unpaired) electrons. The average Bonchev–Trinajstić information content (AvgIpc) is 2.59. The van der Waals surface area contributed by atoms with Crippen LogP contribution < -0.4 is 5.43 Å². The molecular weight excluding hydrogens is 292 g/mol. The van der Waals surface area contributed by atoms with E-state index in [1.807, 2.05) is 42.5 Å². The minimum atomic E-state index is -0.363. The van der Waals surface area contributed by atoms with Crippen LogP contribution in [0.25, 0.3) is 6.08 Å². The van der Waals surface area contributed by atoms with Gasteiger partial charge in [-0.2, -0.15) is 5.10 Å². The van der Waals surface area contributed by atoms with Crippen molar-refractivity contribution < 1.29 is 10.0 Å². The molecule has 2 rings (SSSR count). The maximum atomic E-state index is 11.9. The first-order valence-corrected chi connectivity index (χ1v) is 6.90. The van der Waals surface area contributed by atoms with Crippen LogP contribution in [0.2, 0.25) is 0 Å². The Bertz CT molecular complexity index is 735. The van der Waals surface area contributed by atoms with E-state index >= 15 is 0 Å². The summed E-state index contributed by atoms with van der Waals surface area (Å²) in [7, 11) is 0. The summed E-state index contributed by atoms with van der Waals surface area (Å²) in [6, 6.07) is 12.9. The van der Waals surface area contributed by atoms with E-state index in [1.165, 1.54) is 12.4 Å². The number of rotatable bonds is 5. The first-order valence-electron chi connectivity index (χ1n) is 6.90. The van der Waals surface area contributed by atoms with E-state index in [2.05, 4.69) is 20.7 Å². The van der Waals surface area contributed by atoms with Gasteiger partial charge in [-0.3, -0.25) is 9.78 Å². The number of aromatic nitrogens is 1. The summed E-state index contributed by atoms with van der Waals surface area (Å²) in [6.07, 6.45) is 6.29. The summed E-state index contributed by atoms with van der Waals surface area (Å²) in [5.41, 5.74) is 5.00. The minimum Gasteiger partial charge on any atom is -0.411 e. The number of hydrogen-bond donors (Lipinski definition) is 2. The quantitative estimate of drug-likeness (QED) is 0.506. The number of oxime groups is 1. The predicted octanol–water partition coefficient (Wildman–Crippen LogP) is 2.71. The molecule has 0 aliphatic heterocycles. The van der Waals surface area contributed by atoms with Crippen LogP contribution in [0.4, 0.5) is 0 Å². The van der Waals surface area contributed by atoms with Crippen LogP contribution >= 0.6 is 0 Å². The molecule has 0 bridgehead atoms. The Kier molecular flexibility index (Phi) is 5.76. The Morgan fingerprint density at radius 3 is 2.65 bits per heavy atom. The van der Waals surface area contributed by atoms with Gasteiger partial charge in [0.05, 0.1) is 23.2 Å². The lowest BCUT2D eigenvalue weighted by Crippen LogP contribution is -2.19. The third kappa shape index (κ3) is 5.20.